The number of hydrogen-bond donors (Lipinski definition) is 0. The zero-order valence-electron chi connectivity index (χ0n) is 22.7. The summed E-state index contributed by atoms with van der Waals surface area (Å²) >= 11 is 0. The molecule has 0 fully saturated rings. The molecule has 0 aliphatic rings. The first-order valence-electron chi connectivity index (χ1n) is 13.1. The smallest absolute Gasteiger partial charge is 0.306 e. The van der Waals surface area contributed by atoms with Crippen LogP contribution in [0.25, 0.3) is 0 Å². The largest absolute Gasteiger partial charge is 0.462 e. The molecule has 11 heteroatoms. The molecule has 212 valence electrons. The average Bonchev–Trinajstić information content (AvgIpc) is 2.83. The Labute approximate surface area is 218 Å². The third-order valence-corrected chi connectivity index (χ3v) is 4.91. The van der Waals surface area contributed by atoms with E-state index in [-0.39, 0.29) is 38.4 Å². The summed E-state index contributed by atoms with van der Waals surface area (Å²) in [5.41, 5.74) is 0. The van der Waals surface area contributed by atoms with Crippen LogP contribution in [-0.4, -0.2) is 67.2 Å². The molecule has 0 unspecified atom stereocenters. The van der Waals surface area contributed by atoms with E-state index < -0.39 is 60.9 Å². The lowest BCUT2D eigenvalue weighted by molar-refractivity contribution is -0.204. The van der Waals surface area contributed by atoms with E-state index in [1.165, 1.54) is 0 Å². The molecule has 0 saturated carbocycles. The van der Waals surface area contributed by atoms with Gasteiger partial charge in [0, 0.05) is 32.1 Å². The molecule has 0 aliphatic heterocycles. The predicted octanol–water partition coefficient (Wildman–Crippen LogP) is 3.38. The van der Waals surface area contributed by atoms with E-state index in [1.807, 2.05) is 0 Å². The Bertz CT molecular complexity index is 734. The first kappa shape index (κ1) is 34.0. The molecule has 0 spiro atoms. The lowest BCUT2D eigenvalue weighted by Crippen LogP contribution is -2.54. The van der Waals surface area contributed by atoms with Crippen molar-refractivity contribution >= 4 is 36.1 Å². The summed E-state index contributed by atoms with van der Waals surface area (Å²) in [7, 11) is 0. The topological polar surface area (TPSA) is 149 Å². The monoisotopic (exact) mass is 530 g/mol. The molecule has 0 N–H and O–H groups in total. The molecule has 4 atom stereocenters. The number of esters is 5. The highest BCUT2D eigenvalue weighted by molar-refractivity contribution is 5.75. The van der Waals surface area contributed by atoms with Crippen molar-refractivity contribution in [1.82, 2.24) is 0 Å². The van der Waals surface area contributed by atoms with Crippen LogP contribution in [0.4, 0.5) is 0 Å². The predicted molar refractivity (Wildman–Crippen MR) is 131 cm³/mol. The number of carbonyl (C=O) groups excluding carboxylic acids is 6. The summed E-state index contributed by atoms with van der Waals surface area (Å²) in [4.78, 5) is 73.8. The second-order valence-corrected chi connectivity index (χ2v) is 8.46. The summed E-state index contributed by atoms with van der Waals surface area (Å²) in [5, 5.41) is 0. The van der Waals surface area contributed by atoms with Gasteiger partial charge in [-0.2, -0.15) is 0 Å². The van der Waals surface area contributed by atoms with Crippen LogP contribution in [0.1, 0.15) is 98.8 Å². The number of hydrogen-bond acceptors (Lipinski definition) is 11. The second-order valence-electron chi connectivity index (χ2n) is 8.46. The van der Waals surface area contributed by atoms with Crippen LogP contribution in [0.3, 0.4) is 0 Å². The maximum atomic E-state index is 12.6. The summed E-state index contributed by atoms with van der Waals surface area (Å²) in [5.74, 6) is -3.48. The van der Waals surface area contributed by atoms with Crippen LogP contribution in [0.2, 0.25) is 0 Å². The van der Waals surface area contributed by atoms with Crippen molar-refractivity contribution in [3.05, 3.63) is 0 Å². The van der Waals surface area contributed by atoms with Gasteiger partial charge >= 0.3 is 29.8 Å². The summed E-state index contributed by atoms with van der Waals surface area (Å²) < 4.78 is 27.0. The molecule has 0 radical (unpaired) electrons. The fraction of sp³-hybridized carbons (Fsp3) is 0.769. The van der Waals surface area contributed by atoms with E-state index in [1.54, 1.807) is 34.6 Å². The van der Waals surface area contributed by atoms with Crippen molar-refractivity contribution in [2.75, 3.05) is 6.61 Å². The Morgan fingerprint density at radius 1 is 0.541 bits per heavy atom. The molecule has 0 saturated heterocycles. The summed E-state index contributed by atoms with van der Waals surface area (Å²) in [6.45, 7) is 8.20. The number of ether oxygens (including phenoxy) is 5. The Morgan fingerprint density at radius 2 is 0.919 bits per heavy atom. The van der Waals surface area contributed by atoms with Crippen molar-refractivity contribution in [2.24, 2.45) is 0 Å². The zero-order valence-corrected chi connectivity index (χ0v) is 22.7. The normalized spacial score (nSPS) is 13.9. The van der Waals surface area contributed by atoms with Gasteiger partial charge in [0.15, 0.2) is 30.7 Å². The lowest BCUT2D eigenvalue weighted by Gasteiger charge is -2.34. The second kappa shape index (κ2) is 20.1. The van der Waals surface area contributed by atoms with Gasteiger partial charge in [-0.15, -0.1) is 0 Å². The van der Waals surface area contributed by atoms with Crippen LogP contribution in [-0.2, 0) is 52.5 Å². The molecule has 0 aromatic carbocycles. The summed E-state index contributed by atoms with van der Waals surface area (Å²) in [6, 6.07) is 0. The van der Waals surface area contributed by atoms with Crippen LogP contribution < -0.4 is 0 Å². The van der Waals surface area contributed by atoms with Gasteiger partial charge in [0.2, 0.25) is 0 Å². The van der Waals surface area contributed by atoms with E-state index >= 15 is 0 Å². The first-order valence-corrected chi connectivity index (χ1v) is 13.1. The van der Waals surface area contributed by atoms with Crippen LogP contribution in [0, 0.1) is 0 Å². The van der Waals surface area contributed by atoms with E-state index in [0.717, 1.165) is 0 Å². The van der Waals surface area contributed by atoms with E-state index in [9.17, 15) is 28.8 Å². The number of rotatable bonds is 20. The van der Waals surface area contributed by atoms with Gasteiger partial charge in [-0.25, -0.2) is 0 Å². The standard InChI is InChI=1S/C26H42O11/c1-6-11-20(28)33-17-19(35-22(30)13-8-3)26(37-24(32)15-10-5)25(36-23(31)14-9-4)18(16-27)34-21(29)12-7-2/h16,18-19,25-26H,6-15,17H2,1-5H3/t18-,19+,25+,26-/m0/s1. The molecule has 0 aromatic heterocycles. The quantitative estimate of drug-likeness (QED) is 0.129. The van der Waals surface area contributed by atoms with Gasteiger partial charge < -0.3 is 23.7 Å². The SMILES string of the molecule is CCCC(=O)OC[C@@H](OC(=O)CCC)[C@H](OC(=O)CCC)[C@H](OC(=O)CCC)[C@H](C=O)OC(=O)CCC. The minimum Gasteiger partial charge on any atom is -0.462 e. The summed E-state index contributed by atoms with van der Waals surface area (Å²) in [6.07, 6.45) is -3.85. The zero-order chi connectivity index (χ0) is 28.2. The fourth-order valence-electron chi connectivity index (χ4n) is 3.17. The average molecular weight is 531 g/mol. The van der Waals surface area contributed by atoms with Crippen LogP contribution >= 0.6 is 0 Å². The maximum Gasteiger partial charge on any atom is 0.306 e. The minimum absolute atomic E-state index is 0.0101. The highest BCUT2D eigenvalue weighted by Gasteiger charge is 2.44. The van der Waals surface area contributed by atoms with Gasteiger partial charge in [-0.1, -0.05) is 34.6 Å². The van der Waals surface area contributed by atoms with Gasteiger partial charge in [-0.05, 0) is 32.1 Å². The Kier molecular flexibility index (Phi) is 18.5. The fourth-order valence-corrected chi connectivity index (χ4v) is 3.17. The highest BCUT2D eigenvalue weighted by atomic mass is 16.6. The van der Waals surface area contributed by atoms with Crippen molar-refractivity contribution in [3.63, 3.8) is 0 Å². The van der Waals surface area contributed by atoms with E-state index in [2.05, 4.69) is 0 Å². The molecular formula is C26H42O11. The molecule has 37 heavy (non-hydrogen) atoms. The third kappa shape index (κ3) is 14.4. The highest BCUT2D eigenvalue weighted by Crippen LogP contribution is 2.21. The van der Waals surface area contributed by atoms with Gasteiger partial charge in [0.1, 0.15) is 6.61 Å². The lowest BCUT2D eigenvalue weighted by atomic mass is 10.0. The van der Waals surface area contributed by atoms with Crippen LogP contribution in [0.5, 0.6) is 0 Å². The molecule has 0 rings (SSSR count). The van der Waals surface area contributed by atoms with Crippen molar-refractivity contribution in [2.45, 2.75) is 123 Å². The Morgan fingerprint density at radius 3 is 1.35 bits per heavy atom. The molecule has 0 heterocycles. The minimum atomic E-state index is -1.67. The Hall–Kier alpha value is -2.98. The first-order chi connectivity index (χ1) is 17.7. The molecular weight excluding hydrogens is 488 g/mol. The number of carbonyl (C=O) groups is 6. The van der Waals surface area contributed by atoms with Crippen molar-refractivity contribution < 1.29 is 52.5 Å². The molecule has 0 bridgehead atoms. The maximum absolute atomic E-state index is 12.6. The van der Waals surface area contributed by atoms with Gasteiger partial charge in [0.25, 0.3) is 0 Å². The van der Waals surface area contributed by atoms with E-state index in [4.69, 9.17) is 23.7 Å². The van der Waals surface area contributed by atoms with Crippen molar-refractivity contribution in [1.29, 1.82) is 0 Å². The molecule has 0 aromatic rings. The molecule has 11 nitrogen and oxygen atoms in total. The molecule has 0 aliphatic carbocycles. The van der Waals surface area contributed by atoms with Crippen LogP contribution in [0.15, 0.2) is 0 Å². The Balaban J connectivity index is 6.50. The van der Waals surface area contributed by atoms with E-state index in [0.29, 0.717) is 32.1 Å². The van der Waals surface area contributed by atoms with Gasteiger partial charge in [-0.3, -0.25) is 28.8 Å². The number of aldehydes is 1. The molecule has 0 amide bonds. The third-order valence-electron chi connectivity index (χ3n) is 4.91. The van der Waals surface area contributed by atoms with Crippen molar-refractivity contribution in [3.8, 4) is 0 Å². The van der Waals surface area contributed by atoms with Gasteiger partial charge in [0.05, 0.1) is 0 Å².